The smallest absolute Gasteiger partial charge is 0.118 e. The maximum atomic E-state index is 5.13. The summed E-state index contributed by atoms with van der Waals surface area (Å²) in [7, 11) is 3.64. The van der Waals surface area contributed by atoms with E-state index in [4.69, 9.17) is 4.74 Å². The summed E-state index contributed by atoms with van der Waals surface area (Å²) < 4.78 is 7.02. The van der Waals surface area contributed by atoms with Gasteiger partial charge in [-0.2, -0.15) is 5.10 Å². The van der Waals surface area contributed by atoms with Crippen LogP contribution in [-0.2, 0) is 20.0 Å². The number of hydrogen-bond acceptors (Lipinski definition) is 3. The molecule has 0 bridgehead atoms. The lowest BCUT2D eigenvalue weighted by Crippen LogP contribution is -2.18. The maximum absolute atomic E-state index is 5.13. The highest BCUT2D eigenvalue weighted by Crippen LogP contribution is 2.11. The van der Waals surface area contributed by atoms with Gasteiger partial charge in [0.2, 0.25) is 0 Å². The van der Waals surface area contributed by atoms with E-state index >= 15 is 0 Å². The van der Waals surface area contributed by atoms with Gasteiger partial charge in [0.05, 0.1) is 12.8 Å². The SMILES string of the molecule is COc1ccc(CCNCc2ccnn2C)cc1. The summed E-state index contributed by atoms with van der Waals surface area (Å²) in [5.41, 5.74) is 2.51. The summed E-state index contributed by atoms with van der Waals surface area (Å²) >= 11 is 0. The molecule has 1 heterocycles. The molecule has 0 atom stereocenters. The molecule has 1 aromatic carbocycles. The third-order valence-electron chi connectivity index (χ3n) is 2.98. The molecule has 0 fully saturated rings. The van der Waals surface area contributed by atoms with Gasteiger partial charge in [0.1, 0.15) is 5.75 Å². The molecule has 96 valence electrons. The van der Waals surface area contributed by atoms with Gasteiger partial charge in [-0.1, -0.05) is 12.1 Å². The zero-order valence-electron chi connectivity index (χ0n) is 10.9. The van der Waals surface area contributed by atoms with E-state index in [0.29, 0.717) is 0 Å². The number of ether oxygens (including phenoxy) is 1. The number of aromatic nitrogens is 2. The van der Waals surface area contributed by atoms with Crippen molar-refractivity contribution in [1.82, 2.24) is 15.1 Å². The van der Waals surface area contributed by atoms with E-state index in [2.05, 4.69) is 22.5 Å². The van der Waals surface area contributed by atoms with Crippen molar-refractivity contribution in [3.63, 3.8) is 0 Å². The van der Waals surface area contributed by atoms with Crippen molar-refractivity contribution in [1.29, 1.82) is 0 Å². The highest BCUT2D eigenvalue weighted by Gasteiger charge is 1.98. The molecule has 0 amide bonds. The van der Waals surface area contributed by atoms with Crippen LogP contribution in [0.5, 0.6) is 5.75 Å². The molecule has 0 aliphatic carbocycles. The molecule has 18 heavy (non-hydrogen) atoms. The van der Waals surface area contributed by atoms with Crippen LogP contribution in [0, 0.1) is 0 Å². The second-order valence-electron chi connectivity index (χ2n) is 4.22. The second kappa shape index (κ2) is 6.21. The fourth-order valence-corrected chi connectivity index (χ4v) is 1.82. The topological polar surface area (TPSA) is 39.1 Å². The number of methoxy groups -OCH3 is 1. The van der Waals surface area contributed by atoms with Gasteiger partial charge in [-0.3, -0.25) is 4.68 Å². The Kier molecular flexibility index (Phi) is 4.36. The predicted molar refractivity (Wildman–Crippen MR) is 71.6 cm³/mol. The number of nitrogens with one attached hydrogen (secondary N) is 1. The Morgan fingerprint density at radius 2 is 2.00 bits per heavy atom. The Hall–Kier alpha value is -1.81. The summed E-state index contributed by atoms with van der Waals surface area (Å²) in [6.45, 7) is 1.81. The molecule has 0 aliphatic rings. The molecule has 0 saturated heterocycles. The molecule has 1 N–H and O–H groups in total. The lowest BCUT2D eigenvalue weighted by molar-refractivity contribution is 0.414. The third kappa shape index (κ3) is 3.34. The molecule has 0 spiro atoms. The van der Waals surface area contributed by atoms with Crippen molar-refractivity contribution >= 4 is 0 Å². The Labute approximate surface area is 108 Å². The summed E-state index contributed by atoms with van der Waals surface area (Å²) in [5.74, 6) is 0.904. The monoisotopic (exact) mass is 245 g/mol. The van der Waals surface area contributed by atoms with Crippen molar-refractivity contribution in [2.75, 3.05) is 13.7 Å². The molecular formula is C14H19N3O. The first kappa shape index (κ1) is 12.6. The van der Waals surface area contributed by atoms with Crippen LogP contribution in [0.15, 0.2) is 36.5 Å². The van der Waals surface area contributed by atoms with Gasteiger partial charge in [0, 0.05) is 19.8 Å². The fraction of sp³-hybridized carbons (Fsp3) is 0.357. The van der Waals surface area contributed by atoms with Crippen molar-refractivity contribution in [3.05, 3.63) is 47.8 Å². The van der Waals surface area contributed by atoms with Crippen molar-refractivity contribution < 1.29 is 4.74 Å². The van der Waals surface area contributed by atoms with Crippen LogP contribution < -0.4 is 10.1 Å². The van der Waals surface area contributed by atoms with Gasteiger partial charge in [-0.25, -0.2) is 0 Å². The Balaban J connectivity index is 1.73. The van der Waals surface area contributed by atoms with Crippen molar-refractivity contribution in [2.24, 2.45) is 7.05 Å². The van der Waals surface area contributed by atoms with Gasteiger partial charge in [-0.15, -0.1) is 0 Å². The first-order valence-corrected chi connectivity index (χ1v) is 6.10. The van der Waals surface area contributed by atoms with E-state index in [1.165, 1.54) is 11.3 Å². The van der Waals surface area contributed by atoms with Gasteiger partial charge in [0.15, 0.2) is 0 Å². The molecule has 2 rings (SSSR count). The average Bonchev–Trinajstić information content (AvgIpc) is 2.81. The minimum Gasteiger partial charge on any atom is -0.497 e. The third-order valence-corrected chi connectivity index (χ3v) is 2.98. The van der Waals surface area contributed by atoms with Gasteiger partial charge >= 0.3 is 0 Å². The van der Waals surface area contributed by atoms with E-state index in [9.17, 15) is 0 Å². The predicted octanol–water partition coefficient (Wildman–Crippen LogP) is 1.76. The quantitative estimate of drug-likeness (QED) is 0.788. The number of rotatable bonds is 6. The van der Waals surface area contributed by atoms with Crippen LogP contribution >= 0.6 is 0 Å². The fourth-order valence-electron chi connectivity index (χ4n) is 1.82. The lowest BCUT2D eigenvalue weighted by Gasteiger charge is -2.06. The number of benzene rings is 1. The molecule has 4 nitrogen and oxygen atoms in total. The average molecular weight is 245 g/mol. The Morgan fingerprint density at radius 1 is 1.22 bits per heavy atom. The van der Waals surface area contributed by atoms with E-state index in [1.807, 2.05) is 36.1 Å². The van der Waals surface area contributed by atoms with Gasteiger partial charge in [0.25, 0.3) is 0 Å². The van der Waals surface area contributed by atoms with Gasteiger partial charge < -0.3 is 10.1 Å². The molecule has 2 aromatic rings. The molecule has 1 aromatic heterocycles. The highest BCUT2D eigenvalue weighted by atomic mass is 16.5. The van der Waals surface area contributed by atoms with Crippen LogP contribution in [0.25, 0.3) is 0 Å². The highest BCUT2D eigenvalue weighted by molar-refractivity contribution is 5.27. The standard InChI is InChI=1S/C14H19N3O/c1-17-13(8-10-16-17)11-15-9-7-12-3-5-14(18-2)6-4-12/h3-6,8,10,15H,7,9,11H2,1-2H3. The molecule has 0 unspecified atom stereocenters. The Morgan fingerprint density at radius 3 is 2.61 bits per heavy atom. The normalized spacial score (nSPS) is 10.6. The second-order valence-corrected chi connectivity index (χ2v) is 4.22. The summed E-state index contributed by atoms with van der Waals surface area (Å²) in [4.78, 5) is 0. The molecule has 4 heteroatoms. The first-order valence-electron chi connectivity index (χ1n) is 6.10. The minimum absolute atomic E-state index is 0.854. The van der Waals surface area contributed by atoms with E-state index in [1.54, 1.807) is 7.11 Å². The molecule has 0 saturated carbocycles. The lowest BCUT2D eigenvalue weighted by atomic mass is 10.1. The van der Waals surface area contributed by atoms with Crippen molar-refractivity contribution in [2.45, 2.75) is 13.0 Å². The zero-order valence-corrected chi connectivity index (χ0v) is 10.9. The van der Waals surface area contributed by atoms with E-state index in [-0.39, 0.29) is 0 Å². The zero-order chi connectivity index (χ0) is 12.8. The van der Waals surface area contributed by atoms with E-state index < -0.39 is 0 Å². The van der Waals surface area contributed by atoms with E-state index in [0.717, 1.165) is 25.3 Å². The van der Waals surface area contributed by atoms with Crippen LogP contribution in [0.3, 0.4) is 0 Å². The summed E-state index contributed by atoms with van der Waals surface area (Å²) in [6, 6.07) is 10.2. The molecular weight excluding hydrogens is 226 g/mol. The number of nitrogens with zero attached hydrogens (tertiary/aromatic N) is 2. The van der Waals surface area contributed by atoms with Gasteiger partial charge in [-0.05, 0) is 36.7 Å². The van der Waals surface area contributed by atoms with Crippen molar-refractivity contribution in [3.8, 4) is 5.75 Å². The number of aryl methyl sites for hydroxylation is 1. The Bertz CT molecular complexity index is 476. The maximum Gasteiger partial charge on any atom is 0.118 e. The minimum atomic E-state index is 0.854. The summed E-state index contributed by atoms with van der Waals surface area (Å²) in [6.07, 6.45) is 2.84. The van der Waals surface area contributed by atoms with Crippen LogP contribution in [0.4, 0.5) is 0 Å². The largest absolute Gasteiger partial charge is 0.497 e. The van der Waals surface area contributed by atoms with Crippen LogP contribution in [-0.4, -0.2) is 23.4 Å². The number of hydrogen-bond donors (Lipinski definition) is 1. The molecule has 0 aliphatic heterocycles. The van der Waals surface area contributed by atoms with Crippen LogP contribution in [0.2, 0.25) is 0 Å². The first-order chi connectivity index (χ1) is 8.79. The summed E-state index contributed by atoms with van der Waals surface area (Å²) in [5, 5.41) is 7.55. The van der Waals surface area contributed by atoms with Crippen LogP contribution in [0.1, 0.15) is 11.3 Å². The molecule has 0 radical (unpaired) electrons.